The Kier molecular flexibility index (Phi) is 7.02. The highest BCUT2D eigenvalue weighted by molar-refractivity contribution is 6.41. The first kappa shape index (κ1) is 19.3. The summed E-state index contributed by atoms with van der Waals surface area (Å²) in [6.07, 6.45) is 1.09. The predicted molar refractivity (Wildman–Crippen MR) is 99.4 cm³/mol. The third-order valence-electron chi connectivity index (χ3n) is 4.41. The fraction of sp³-hybridized carbons (Fsp3) is 0.300. The molecule has 0 bridgehead atoms. The number of amides is 1. The van der Waals surface area contributed by atoms with E-state index in [1.807, 2.05) is 30.3 Å². The number of ketones is 1. The maximum Gasteiger partial charge on any atom is 0.292 e. The minimum absolute atomic E-state index is 0.335. The molecule has 6 nitrogen and oxygen atoms in total. The summed E-state index contributed by atoms with van der Waals surface area (Å²) < 4.78 is 0. The monoisotopic (exact) mass is 354 g/mol. The second kappa shape index (κ2) is 9.46. The molecule has 2 atom stereocenters. The van der Waals surface area contributed by atoms with Crippen LogP contribution >= 0.6 is 0 Å². The van der Waals surface area contributed by atoms with Crippen molar-refractivity contribution >= 4 is 17.4 Å². The fourth-order valence-electron chi connectivity index (χ4n) is 2.82. The molecule has 1 N–H and O–H groups in total. The number of para-hydroxylation sites is 1. The average Bonchev–Trinajstić information content (AvgIpc) is 2.65. The van der Waals surface area contributed by atoms with Crippen LogP contribution in [0.2, 0.25) is 0 Å². The molecule has 1 amide bonds. The largest absolute Gasteiger partial charge is 0.319 e. The molecule has 2 aromatic carbocycles. The third-order valence-corrected chi connectivity index (χ3v) is 4.41. The molecule has 0 unspecified atom stereocenters. The number of rotatable bonds is 9. The van der Waals surface area contributed by atoms with Crippen LogP contribution in [0.15, 0.2) is 60.7 Å². The number of hydrogen-bond donors (Lipinski definition) is 1. The molecule has 2 rings (SSSR count). The number of benzene rings is 2. The van der Waals surface area contributed by atoms with Crippen LogP contribution in [-0.4, -0.2) is 23.2 Å². The topological polar surface area (TPSA) is 89.3 Å². The van der Waals surface area contributed by atoms with Gasteiger partial charge >= 0.3 is 0 Å². The van der Waals surface area contributed by atoms with E-state index in [4.69, 9.17) is 0 Å². The summed E-state index contributed by atoms with van der Waals surface area (Å²) in [5.74, 6) is -2.60. The molecule has 0 saturated heterocycles. The molecule has 0 radical (unpaired) electrons. The summed E-state index contributed by atoms with van der Waals surface area (Å²) in [4.78, 5) is 35.2. The van der Waals surface area contributed by atoms with E-state index in [-0.39, 0.29) is 6.54 Å². The van der Waals surface area contributed by atoms with E-state index in [1.165, 1.54) is 0 Å². The van der Waals surface area contributed by atoms with E-state index in [2.05, 4.69) is 5.32 Å². The fourth-order valence-corrected chi connectivity index (χ4v) is 2.82. The van der Waals surface area contributed by atoms with Crippen molar-refractivity contribution in [3.63, 3.8) is 0 Å². The average molecular weight is 354 g/mol. The van der Waals surface area contributed by atoms with E-state index in [0.29, 0.717) is 18.5 Å². The van der Waals surface area contributed by atoms with Crippen LogP contribution in [0.5, 0.6) is 0 Å². The van der Waals surface area contributed by atoms with Crippen molar-refractivity contribution in [2.75, 3.05) is 11.9 Å². The van der Waals surface area contributed by atoms with Gasteiger partial charge in [0.05, 0.1) is 0 Å². The van der Waals surface area contributed by atoms with Crippen LogP contribution in [-0.2, 0) is 16.0 Å². The summed E-state index contributed by atoms with van der Waals surface area (Å²) in [5.41, 5.74) is 1.57. The number of hydrogen-bond acceptors (Lipinski definition) is 4. The molecule has 0 heterocycles. The van der Waals surface area contributed by atoms with Gasteiger partial charge in [-0.1, -0.05) is 55.5 Å². The Morgan fingerprint density at radius 2 is 1.62 bits per heavy atom. The molecule has 0 aliphatic rings. The lowest BCUT2D eigenvalue weighted by molar-refractivity contribution is -0.489. The molecular formula is C20H22N2O4. The van der Waals surface area contributed by atoms with Gasteiger partial charge in [0, 0.05) is 22.4 Å². The third kappa shape index (κ3) is 5.81. The smallest absolute Gasteiger partial charge is 0.292 e. The first-order valence-corrected chi connectivity index (χ1v) is 8.53. The number of nitro groups is 1. The Bertz CT molecular complexity index is 747. The van der Waals surface area contributed by atoms with Gasteiger partial charge in [0.25, 0.3) is 5.91 Å². The maximum absolute atomic E-state index is 12.4. The lowest BCUT2D eigenvalue weighted by atomic mass is 9.85. The highest BCUT2D eigenvalue weighted by Gasteiger charge is 2.31. The van der Waals surface area contributed by atoms with Gasteiger partial charge in [0.2, 0.25) is 12.3 Å². The number of aryl methyl sites for hydroxylation is 1. The first-order valence-electron chi connectivity index (χ1n) is 8.53. The number of carbonyl (C=O) groups is 2. The molecule has 0 spiro atoms. The zero-order chi connectivity index (χ0) is 18.9. The van der Waals surface area contributed by atoms with Crippen molar-refractivity contribution < 1.29 is 14.5 Å². The molecule has 2 aromatic rings. The van der Waals surface area contributed by atoms with Crippen LogP contribution in [0.4, 0.5) is 5.69 Å². The Hall–Kier alpha value is -3.02. The predicted octanol–water partition coefficient (Wildman–Crippen LogP) is 3.36. The van der Waals surface area contributed by atoms with Crippen LogP contribution in [0, 0.1) is 22.0 Å². The van der Waals surface area contributed by atoms with Gasteiger partial charge in [-0.3, -0.25) is 19.7 Å². The summed E-state index contributed by atoms with van der Waals surface area (Å²) in [5, 5.41) is 13.5. The van der Waals surface area contributed by atoms with Gasteiger partial charge in [-0.15, -0.1) is 0 Å². The van der Waals surface area contributed by atoms with Crippen molar-refractivity contribution in [1.29, 1.82) is 0 Å². The lowest BCUT2D eigenvalue weighted by Gasteiger charge is -2.19. The summed E-state index contributed by atoms with van der Waals surface area (Å²) >= 11 is 0. The quantitative estimate of drug-likeness (QED) is 0.425. The van der Waals surface area contributed by atoms with E-state index >= 15 is 0 Å². The Morgan fingerprint density at radius 3 is 2.19 bits per heavy atom. The van der Waals surface area contributed by atoms with Crippen LogP contribution in [0.25, 0.3) is 0 Å². The van der Waals surface area contributed by atoms with Gasteiger partial charge in [-0.05, 0) is 30.5 Å². The normalized spacial score (nSPS) is 12.8. The standard InChI is InChI=1S/C20H22N2O4/c1-15(19(23)20(24)21-18-10-6-3-7-11-18)17(14-22(25)26)13-12-16-8-4-2-5-9-16/h2-11,15,17H,12-14H2,1H3,(H,21,24)/t15-,17+/m1/s1. The summed E-state index contributed by atoms with van der Waals surface area (Å²) in [7, 11) is 0. The molecular weight excluding hydrogens is 332 g/mol. The molecule has 0 fully saturated rings. The molecule has 0 saturated carbocycles. The molecule has 0 aliphatic carbocycles. The summed E-state index contributed by atoms with van der Waals surface area (Å²) in [6.45, 7) is 1.25. The Balaban J connectivity index is 2.01. The second-order valence-corrected chi connectivity index (χ2v) is 6.27. The van der Waals surface area contributed by atoms with Gasteiger partial charge < -0.3 is 5.32 Å². The minimum Gasteiger partial charge on any atom is -0.319 e. The highest BCUT2D eigenvalue weighted by Crippen LogP contribution is 2.21. The van der Waals surface area contributed by atoms with E-state index in [0.717, 1.165) is 5.56 Å². The second-order valence-electron chi connectivity index (χ2n) is 6.27. The number of Topliss-reactive ketones (excluding diaryl/α,β-unsaturated/α-hetero) is 1. The SMILES string of the molecule is C[C@@H](C(=O)C(=O)Nc1ccccc1)[C@@H](CCc1ccccc1)C[N+](=O)[O-]. The van der Waals surface area contributed by atoms with E-state index < -0.39 is 28.4 Å². The van der Waals surface area contributed by atoms with Gasteiger partial charge in [-0.25, -0.2) is 0 Å². The Morgan fingerprint density at radius 1 is 1.04 bits per heavy atom. The number of nitrogens with one attached hydrogen (secondary N) is 1. The van der Waals surface area contributed by atoms with Crippen LogP contribution in [0.1, 0.15) is 18.9 Å². The molecule has 26 heavy (non-hydrogen) atoms. The summed E-state index contributed by atoms with van der Waals surface area (Å²) in [6, 6.07) is 18.3. The van der Waals surface area contributed by atoms with Crippen molar-refractivity contribution in [3.8, 4) is 0 Å². The maximum atomic E-state index is 12.4. The molecule has 136 valence electrons. The number of anilines is 1. The van der Waals surface area contributed by atoms with Gasteiger partial charge in [-0.2, -0.15) is 0 Å². The molecule has 0 aliphatic heterocycles. The van der Waals surface area contributed by atoms with Crippen LogP contribution in [0.3, 0.4) is 0 Å². The van der Waals surface area contributed by atoms with Crippen molar-refractivity contribution in [3.05, 3.63) is 76.3 Å². The number of carbonyl (C=O) groups excluding carboxylic acids is 2. The molecule has 6 heteroatoms. The first-order chi connectivity index (χ1) is 12.5. The van der Waals surface area contributed by atoms with Gasteiger partial charge in [0.1, 0.15) is 0 Å². The van der Waals surface area contributed by atoms with Crippen molar-refractivity contribution in [1.82, 2.24) is 0 Å². The van der Waals surface area contributed by atoms with E-state index in [1.54, 1.807) is 37.3 Å². The highest BCUT2D eigenvalue weighted by atomic mass is 16.6. The lowest BCUT2D eigenvalue weighted by Crippen LogP contribution is -2.35. The van der Waals surface area contributed by atoms with Crippen LogP contribution < -0.4 is 5.32 Å². The Labute approximate surface area is 152 Å². The van der Waals surface area contributed by atoms with Crippen molar-refractivity contribution in [2.45, 2.75) is 19.8 Å². The van der Waals surface area contributed by atoms with Gasteiger partial charge in [0.15, 0.2) is 0 Å². The molecule has 0 aromatic heterocycles. The number of nitrogens with zero attached hydrogens (tertiary/aromatic N) is 1. The zero-order valence-corrected chi connectivity index (χ0v) is 14.6. The minimum atomic E-state index is -0.739. The van der Waals surface area contributed by atoms with E-state index in [9.17, 15) is 19.7 Å². The van der Waals surface area contributed by atoms with Crippen molar-refractivity contribution in [2.24, 2.45) is 11.8 Å². The zero-order valence-electron chi connectivity index (χ0n) is 14.6.